The van der Waals surface area contributed by atoms with Crippen LogP contribution in [0, 0.1) is 0 Å². The molecule has 2 amide bonds. The van der Waals surface area contributed by atoms with Crippen LogP contribution < -0.4 is 10.6 Å². The van der Waals surface area contributed by atoms with Crippen molar-refractivity contribution in [2.75, 3.05) is 11.9 Å². The first kappa shape index (κ1) is 23.3. The smallest absolute Gasteiger partial charge is 0.407 e. The molecular weight excluding hydrogens is 504 g/mol. The van der Waals surface area contributed by atoms with Crippen molar-refractivity contribution < 1.29 is 29.3 Å². The number of benzene rings is 3. The van der Waals surface area contributed by atoms with Gasteiger partial charge >= 0.3 is 12.1 Å². The van der Waals surface area contributed by atoms with E-state index < -0.39 is 30.4 Å². The van der Waals surface area contributed by atoms with Crippen molar-refractivity contribution in [1.82, 2.24) is 5.32 Å². The highest BCUT2D eigenvalue weighted by Crippen LogP contribution is 2.44. The van der Waals surface area contributed by atoms with Crippen LogP contribution in [0.3, 0.4) is 0 Å². The number of fused-ring (bicyclic) bond motifs is 3. The van der Waals surface area contributed by atoms with E-state index in [1.54, 1.807) is 6.07 Å². The summed E-state index contributed by atoms with van der Waals surface area (Å²) < 4.78 is 6.01. The molecule has 0 spiro atoms. The van der Waals surface area contributed by atoms with E-state index >= 15 is 0 Å². The molecule has 3 aromatic rings. The minimum atomic E-state index is -1.41. The van der Waals surface area contributed by atoms with E-state index in [1.807, 2.05) is 48.5 Å². The maximum absolute atomic E-state index is 12.7. The average Bonchev–Trinajstić information content (AvgIpc) is 3.13. The number of amides is 2. The van der Waals surface area contributed by atoms with E-state index in [9.17, 15) is 24.6 Å². The normalized spacial score (nSPS) is 12.9. The summed E-state index contributed by atoms with van der Waals surface area (Å²) in [6.45, 7) is 0.0215. The molecule has 0 aliphatic heterocycles. The summed E-state index contributed by atoms with van der Waals surface area (Å²) in [6.07, 6.45) is -1.58. The highest BCUT2D eigenvalue weighted by Gasteiger charge is 2.30. The number of phenolic OH excluding ortho intramolecular Hbond substituents is 1. The van der Waals surface area contributed by atoms with Gasteiger partial charge in [0.2, 0.25) is 5.91 Å². The number of nitrogens with one attached hydrogen (secondary N) is 2. The van der Waals surface area contributed by atoms with Gasteiger partial charge in [-0.15, -0.1) is 0 Å². The van der Waals surface area contributed by atoms with Crippen LogP contribution in [0.4, 0.5) is 10.5 Å². The summed E-state index contributed by atoms with van der Waals surface area (Å²) in [7, 11) is 0. The number of carbonyl (C=O) groups is 3. The Balaban J connectivity index is 1.44. The molecule has 1 unspecified atom stereocenters. The van der Waals surface area contributed by atoms with Crippen molar-refractivity contribution in [3.63, 3.8) is 0 Å². The number of aliphatic carboxylic acids is 1. The van der Waals surface area contributed by atoms with Gasteiger partial charge in [0.25, 0.3) is 0 Å². The number of anilines is 1. The van der Waals surface area contributed by atoms with E-state index in [1.165, 1.54) is 12.1 Å². The quantitative estimate of drug-likeness (QED) is 0.338. The molecular formula is C25H21BrN2O6. The van der Waals surface area contributed by atoms with Crippen molar-refractivity contribution in [3.8, 4) is 16.9 Å². The van der Waals surface area contributed by atoms with Crippen LogP contribution in [0.1, 0.15) is 23.5 Å². The van der Waals surface area contributed by atoms with E-state index in [2.05, 4.69) is 26.6 Å². The van der Waals surface area contributed by atoms with Gasteiger partial charge in [-0.1, -0.05) is 64.5 Å². The third kappa shape index (κ3) is 5.04. The van der Waals surface area contributed by atoms with Gasteiger partial charge < -0.3 is 25.6 Å². The molecule has 0 aromatic heterocycles. The molecule has 9 heteroatoms. The molecule has 0 heterocycles. The van der Waals surface area contributed by atoms with Crippen molar-refractivity contribution >= 4 is 39.6 Å². The molecule has 4 rings (SSSR count). The molecule has 0 saturated heterocycles. The minimum Gasteiger partial charge on any atom is -0.506 e. The van der Waals surface area contributed by atoms with Crippen LogP contribution in [-0.4, -0.2) is 40.8 Å². The topological polar surface area (TPSA) is 125 Å². The zero-order chi connectivity index (χ0) is 24.2. The molecule has 3 aromatic carbocycles. The second kappa shape index (κ2) is 9.96. The lowest BCUT2D eigenvalue weighted by atomic mass is 9.98. The maximum atomic E-state index is 12.7. The van der Waals surface area contributed by atoms with Gasteiger partial charge in [-0.2, -0.15) is 0 Å². The lowest BCUT2D eigenvalue weighted by molar-refractivity contribution is -0.139. The summed E-state index contributed by atoms with van der Waals surface area (Å²) in [4.78, 5) is 36.5. The Morgan fingerprint density at radius 2 is 1.59 bits per heavy atom. The molecule has 1 aliphatic rings. The molecule has 8 nitrogen and oxygen atoms in total. The molecule has 0 saturated carbocycles. The number of halogens is 1. The number of carbonyl (C=O) groups excluding carboxylic acids is 2. The summed E-state index contributed by atoms with van der Waals surface area (Å²) in [6, 6.07) is 18.7. The van der Waals surface area contributed by atoms with Gasteiger partial charge in [0.05, 0.1) is 12.1 Å². The molecule has 174 valence electrons. The van der Waals surface area contributed by atoms with Gasteiger partial charge in [0, 0.05) is 10.4 Å². The van der Waals surface area contributed by atoms with Gasteiger partial charge in [0.15, 0.2) is 0 Å². The monoisotopic (exact) mass is 524 g/mol. The second-order valence-corrected chi connectivity index (χ2v) is 8.69. The Morgan fingerprint density at radius 3 is 2.21 bits per heavy atom. The molecule has 0 fully saturated rings. The Labute approximate surface area is 203 Å². The second-order valence-electron chi connectivity index (χ2n) is 7.77. The number of hydrogen-bond donors (Lipinski definition) is 4. The van der Waals surface area contributed by atoms with Crippen molar-refractivity contribution in [2.24, 2.45) is 0 Å². The predicted octanol–water partition coefficient (Wildman–Crippen LogP) is 4.48. The highest BCUT2D eigenvalue weighted by molar-refractivity contribution is 9.10. The van der Waals surface area contributed by atoms with Crippen molar-refractivity contribution in [3.05, 3.63) is 82.3 Å². The molecule has 0 radical (unpaired) electrons. The van der Waals surface area contributed by atoms with Crippen LogP contribution in [0.25, 0.3) is 11.1 Å². The Kier molecular flexibility index (Phi) is 6.83. The number of phenols is 1. The molecule has 0 bridgehead atoms. The molecule has 4 N–H and O–H groups in total. The van der Waals surface area contributed by atoms with Crippen molar-refractivity contribution in [2.45, 2.75) is 18.4 Å². The SMILES string of the molecule is O=C(O)CC(NC(=O)OCC1c2ccccc2-c2ccccc21)C(=O)Nc1cc(Br)ccc1O. The zero-order valence-corrected chi connectivity index (χ0v) is 19.4. The third-order valence-corrected chi connectivity index (χ3v) is 6.04. The third-order valence-electron chi connectivity index (χ3n) is 5.55. The fraction of sp³-hybridized carbons (Fsp3) is 0.160. The van der Waals surface area contributed by atoms with Crippen LogP contribution in [0.2, 0.25) is 0 Å². The summed E-state index contributed by atoms with van der Waals surface area (Å²) in [5, 5.41) is 23.9. The number of carboxylic acids is 1. The summed E-state index contributed by atoms with van der Waals surface area (Å²) >= 11 is 3.23. The lowest BCUT2D eigenvalue weighted by Gasteiger charge is -2.19. The molecule has 1 atom stereocenters. The van der Waals surface area contributed by atoms with Crippen LogP contribution in [0.15, 0.2) is 71.2 Å². The number of carboxylic acid groups (broad SMARTS) is 1. The predicted molar refractivity (Wildman–Crippen MR) is 129 cm³/mol. The van der Waals surface area contributed by atoms with Gasteiger partial charge in [-0.05, 0) is 40.5 Å². The summed E-state index contributed by atoms with van der Waals surface area (Å²) in [5.41, 5.74) is 4.28. The van der Waals surface area contributed by atoms with Gasteiger partial charge in [-0.3, -0.25) is 9.59 Å². The zero-order valence-electron chi connectivity index (χ0n) is 17.8. The fourth-order valence-electron chi connectivity index (χ4n) is 3.99. The largest absolute Gasteiger partial charge is 0.506 e. The number of rotatable bonds is 7. The van der Waals surface area contributed by atoms with Gasteiger partial charge in [0.1, 0.15) is 18.4 Å². The summed E-state index contributed by atoms with van der Waals surface area (Å²) in [5.74, 6) is -2.46. The van der Waals surface area contributed by atoms with Crippen LogP contribution in [0.5, 0.6) is 5.75 Å². The van der Waals surface area contributed by atoms with Crippen molar-refractivity contribution in [1.29, 1.82) is 0 Å². The first-order valence-electron chi connectivity index (χ1n) is 10.5. The number of hydrogen-bond acceptors (Lipinski definition) is 5. The Morgan fingerprint density at radius 1 is 0.971 bits per heavy atom. The number of ether oxygens (including phenoxy) is 1. The van der Waals surface area contributed by atoms with E-state index in [-0.39, 0.29) is 24.0 Å². The highest BCUT2D eigenvalue weighted by atomic mass is 79.9. The van der Waals surface area contributed by atoms with Gasteiger partial charge in [-0.25, -0.2) is 4.79 Å². The van der Waals surface area contributed by atoms with E-state index in [0.717, 1.165) is 22.3 Å². The Hall–Kier alpha value is -3.85. The average molecular weight is 525 g/mol. The number of alkyl carbamates (subject to hydrolysis) is 1. The first-order valence-corrected chi connectivity index (χ1v) is 11.3. The fourth-order valence-corrected chi connectivity index (χ4v) is 4.36. The van der Waals surface area contributed by atoms with Crippen LogP contribution in [-0.2, 0) is 14.3 Å². The number of aromatic hydroxyl groups is 1. The maximum Gasteiger partial charge on any atom is 0.407 e. The van der Waals surface area contributed by atoms with E-state index in [4.69, 9.17) is 4.74 Å². The molecule has 1 aliphatic carbocycles. The minimum absolute atomic E-state index is 0.0215. The Bertz CT molecular complexity index is 1220. The lowest BCUT2D eigenvalue weighted by Crippen LogP contribution is -2.45. The standard InChI is InChI=1S/C25H21BrN2O6/c26-14-9-10-22(29)20(11-14)27-24(32)21(12-23(30)31)28-25(33)34-13-19-17-7-3-1-5-15(17)16-6-2-4-8-18(16)19/h1-11,19,21,29H,12-13H2,(H,27,32)(H,28,33)(H,30,31). The van der Waals surface area contributed by atoms with Crippen LogP contribution >= 0.6 is 15.9 Å². The van der Waals surface area contributed by atoms with E-state index in [0.29, 0.717) is 4.47 Å². The first-order chi connectivity index (χ1) is 16.3. The molecule has 34 heavy (non-hydrogen) atoms.